The average molecular weight is 1130 g/mol. The number of aliphatic hydroxyl groups excluding tert-OH is 5. The zero-order chi connectivity index (χ0) is 58.6. The van der Waals surface area contributed by atoms with Crippen molar-refractivity contribution in [1.29, 1.82) is 0 Å². The molecule has 1 aliphatic rings. The van der Waals surface area contributed by atoms with E-state index in [2.05, 4.69) is 129 Å². The lowest BCUT2D eigenvalue weighted by molar-refractivity contribution is -0.302. The Morgan fingerprint density at radius 3 is 1.19 bits per heavy atom. The smallest absolute Gasteiger partial charge is 0.220 e. The second-order valence-corrected chi connectivity index (χ2v) is 22.5. The van der Waals surface area contributed by atoms with E-state index in [4.69, 9.17) is 9.47 Å². The van der Waals surface area contributed by atoms with E-state index < -0.39 is 49.5 Å². The van der Waals surface area contributed by atoms with Gasteiger partial charge in [-0.1, -0.05) is 289 Å². The number of rotatable bonds is 56. The number of hydrogen-bond donors (Lipinski definition) is 6. The van der Waals surface area contributed by atoms with Gasteiger partial charge in [0.2, 0.25) is 5.91 Å². The van der Waals surface area contributed by atoms with Crippen molar-refractivity contribution in [1.82, 2.24) is 5.32 Å². The number of ether oxygens (including phenoxy) is 2. The first-order valence-corrected chi connectivity index (χ1v) is 33.3. The van der Waals surface area contributed by atoms with Gasteiger partial charge >= 0.3 is 0 Å². The van der Waals surface area contributed by atoms with E-state index in [-0.39, 0.29) is 12.5 Å². The van der Waals surface area contributed by atoms with Gasteiger partial charge in [-0.3, -0.25) is 4.79 Å². The second kappa shape index (κ2) is 59.7. The Morgan fingerprint density at radius 1 is 0.432 bits per heavy atom. The highest BCUT2D eigenvalue weighted by Crippen LogP contribution is 2.23. The number of allylic oxidation sites excluding steroid dienone is 19. The van der Waals surface area contributed by atoms with Crippen LogP contribution in [0.15, 0.2) is 122 Å². The molecule has 1 rings (SSSR count). The maximum atomic E-state index is 13.1. The lowest BCUT2D eigenvalue weighted by atomic mass is 9.99. The van der Waals surface area contributed by atoms with E-state index in [0.29, 0.717) is 6.42 Å². The van der Waals surface area contributed by atoms with Gasteiger partial charge in [0.1, 0.15) is 24.4 Å². The first-order chi connectivity index (χ1) is 39.8. The van der Waals surface area contributed by atoms with Crippen LogP contribution in [0, 0.1) is 0 Å². The summed E-state index contributed by atoms with van der Waals surface area (Å²) in [5.74, 6) is -0.204. The van der Waals surface area contributed by atoms with Gasteiger partial charge in [-0.2, -0.15) is 0 Å². The summed E-state index contributed by atoms with van der Waals surface area (Å²) >= 11 is 0. The van der Waals surface area contributed by atoms with Crippen LogP contribution in [0.1, 0.15) is 271 Å². The third kappa shape index (κ3) is 48.6. The maximum Gasteiger partial charge on any atom is 0.220 e. The van der Waals surface area contributed by atoms with Crippen molar-refractivity contribution in [3.05, 3.63) is 122 Å². The first kappa shape index (κ1) is 75.6. The van der Waals surface area contributed by atoms with Crippen molar-refractivity contribution >= 4 is 5.91 Å². The number of unbranched alkanes of at least 4 members (excludes halogenated alkanes) is 28. The molecule has 6 N–H and O–H groups in total. The van der Waals surface area contributed by atoms with Crippen LogP contribution >= 0.6 is 0 Å². The number of carbonyl (C=O) groups excluding carboxylic acids is 1. The molecule has 0 radical (unpaired) electrons. The third-order valence-corrected chi connectivity index (χ3v) is 15.0. The molecular formula is C72H123NO8. The summed E-state index contributed by atoms with van der Waals surface area (Å²) in [5, 5.41) is 54.7. The molecule has 0 bridgehead atoms. The van der Waals surface area contributed by atoms with Gasteiger partial charge in [-0.05, 0) is 96.3 Å². The minimum atomic E-state index is -1.58. The number of carbonyl (C=O) groups is 1. The van der Waals surface area contributed by atoms with Crippen molar-refractivity contribution in [3.63, 3.8) is 0 Å². The molecule has 0 aromatic rings. The molecule has 464 valence electrons. The second-order valence-electron chi connectivity index (χ2n) is 22.5. The number of hydrogen-bond acceptors (Lipinski definition) is 8. The van der Waals surface area contributed by atoms with Crippen LogP contribution in [0.3, 0.4) is 0 Å². The minimum absolute atomic E-state index is 0.204. The van der Waals surface area contributed by atoms with Crippen molar-refractivity contribution < 1.29 is 39.8 Å². The quantitative estimate of drug-likeness (QED) is 0.0261. The van der Waals surface area contributed by atoms with E-state index in [1.807, 2.05) is 6.08 Å². The summed E-state index contributed by atoms with van der Waals surface area (Å²) < 4.78 is 11.3. The Kier molecular flexibility index (Phi) is 55.8. The lowest BCUT2D eigenvalue weighted by Crippen LogP contribution is -2.60. The fourth-order valence-corrected chi connectivity index (χ4v) is 9.84. The van der Waals surface area contributed by atoms with Crippen LogP contribution in [0.2, 0.25) is 0 Å². The summed E-state index contributed by atoms with van der Waals surface area (Å²) in [5.41, 5.74) is 0. The van der Waals surface area contributed by atoms with Crippen molar-refractivity contribution in [2.24, 2.45) is 0 Å². The summed E-state index contributed by atoms with van der Waals surface area (Å²) in [6, 6.07) is -0.841. The number of amides is 1. The molecule has 1 aliphatic heterocycles. The summed E-state index contributed by atoms with van der Waals surface area (Å²) in [6.07, 6.45) is 82.8. The Bertz CT molecular complexity index is 1690. The van der Waals surface area contributed by atoms with Crippen molar-refractivity contribution in [3.8, 4) is 0 Å². The molecule has 0 aliphatic carbocycles. The molecule has 0 aromatic carbocycles. The Balaban J connectivity index is 2.23. The first-order valence-electron chi connectivity index (χ1n) is 33.3. The standard InChI is InChI=1S/C72H123NO8/c1-3-5-7-9-11-13-15-17-19-21-23-25-27-29-31-32-33-34-36-38-40-42-44-46-48-50-52-54-56-58-60-62-68(76)73-65(64-80-72-71(79)70(78)69(77)67(63-74)81-72)66(75)61-59-57-55-53-51-49-47-45-43-41-39-37-35-30-28-26-24-22-20-18-16-14-12-10-8-6-4-2/h5,7,11,13,17,19,23,25,29,31,33-34,38,40,44,46,51,53,59,61,65-67,69-72,74-75,77-79H,3-4,6,8-10,12,14-16,18,20-22,24,26-28,30,32,35-37,39,41-43,45,47-50,52,54-58,60,62-64H2,1-2H3,(H,73,76)/b7-5-,13-11-,19-17-,25-23-,31-29-,34-33-,40-38-,46-44-,53-51+,61-59+. The van der Waals surface area contributed by atoms with Gasteiger partial charge in [0, 0.05) is 6.42 Å². The molecule has 7 unspecified atom stereocenters. The molecule has 9 heteroatoms. The van der Waals surface area contributed by atoms with Crippen LogP contribution < -0.4 is 5.32 Å². The molecule has 1 heterocycles. The normalized spacial score (nSPS) is 19.2. The summed E-state index contributed by atoms with van der Waals surface area (Å²) in [6.45, 7) is 3.66. The predicted molar refractivity (Wildman–Crippen MR) is 345 cm³/mol. The molecular weight excluding hydrogens is 1010 g/mol. The topological polar surface area (TPSA) is 149 Å². The van der Waals surface area contributed by atoms with Crippen molar-refractivity contribution in [2.45, 2.75) is 314 Å². The van der Waals surface area contributed by atoms with Gasteiger partial charge in [0.15, 0.2) is 6.29 Å². The predicted octanol–water partition coefficient (Wildman–Crippen LogP) is 17.9. The van der Waals surface area contributed by atoms with Gasteiger partial charge in [-0.25, -0.2) is 0 Å². The Morgan fingerprint density at radius 2 is 0.778 bits per heavy atom. The molecule has 1 saturated heterocycles. The van der Waals surface area contributed by atoms with Gasteiger partial charge < -0.3 is 40.3 Å². The third-order valence-electron chi connectivity index (χ3n) is 15.0. The van der Waals surface area contributed by atoms with Crippen molar-refractivity contribution in [2.75, 3.05) is 13.2 Å². The summed E-state index contributed by atoms with van der Waals surface area (Å²) in [7, 11) is 0. The number of aliphatic hydroxyl groups is 5. The molecule has 7 atom stereocenters. The SMILES string of the molecule is CC/C=C\C/C=C\C/C=C\C/C=C\C/C=C\C/C=C\C/C=C\C/C=C\CCCCCCCCC(=O)NC(COC1OC(CO)C(O)C(O)C1O)C(O)/C=C/CC/C=C/CCCCCCCCCCCCCCCCCCCCCCC. The zero-order valence-corrected chi connectivity index (χ0v) is 51.7. The van der Waals surface area contributed by atoms with E-state index in [9.17, 15) is 30.3 Å². The minimum Gasteiger partial charge on any atom is -0.394 e. The van der Waals surface area contributed by atoms with E-state index in [0.717, 1.165) is 116 Å². The molecule has 1 fully saturated rings. The van der Waals surface area contributed by atoms with Crippen LogP contribution in [0.4, 0.5) is 0 Å². The van der Waals surface area contributed by atoms with Gasteiger partial charge in [-0.15, -0.1) is 0 Å². The molecule has 1 amide bonds. The fraction of sp³-hybridized carbons (Fsp3) is 0.708. The zero-order valence-electron chi connectivity index (χ0n) is 51.7. The molecule has 0 spiro atoms. The highest BCUT2D eigenvalue weighted by Gasteiger charge is 2.44. The van der Waals surface area contributed by atoms with Gasteiger partial charge in [0.25, 0.3) is 0 Å². The highest BCUT2D eigenvalue weighted by molar-refractivity contribution is 5.76. The molecule has 81 heavy (non-hydrogen) atoms. The molecule has 0 saturated carbocycles. The molecule has 9 nitrogen and oxygen atoms in total. The maximum absolute atomic E-state index is 13.1. The Labute approximate surface area is 497 Å². The van der Waals surface area contributed by atoms with Gasteiger partial charge in [0.05, 0.1) is 25.4 Å². The average Bonchev–Trinajstić information content (AvgIpc) is 3.47. The van der Waals surface area contributed by atoms with Crippen LogP contribution in [0.5, 0.6) is 0 Å². The molecule has 0 aromatic heterocycles. The highest BCUT2D eigenvalue weighted by atomic mass is 16.7. The van der Waals surface area contributed by atoms with Crippen LogP contribution in [-0.4, -0.2) is 87.5 Å². The van der Waals surface area contributed by atoms with E-state index in [1.54, 1.807) is 6.08 Å². The summed E-state index contributed by atoms with van der Waals surface area (Å²) in [4.78, 5) is 13.1. The van der Waals surface area contributed by atoms with Crippen LogP contribution in [-0.2, 0) is 14.3 Å². The Hall–Kier alpha value is -3.41. The lowest BCUT2D eigenvalue weighted by Gasteiger charge is -2.40. The largest absolute Gasteiger partial charge is 0.394 e. The van der Waals surface area contributed by atoms with Crippen LogP contribution in [0.25, 0.3) is 0 Å². The van der Waals surface area contributed by atoms with E-state index in [1.165, 1.54) is 135 Å². The van der Waals surface area contributed by atoms with E-state index >= 15 is 0 Å². The fourth-order valence-electron chi connectivity index (χ4n) is 9.84. The number of nitrogens with one attached hydrogen (secondary N) is 1. The monoisotopic (exact) mass is 1130 g/mol.